The predicted octanol–water partition coefficient (Wildman–Crippen LogP) is 2.26. The normalized spacial score (nSPS) is 14.6. The molecule has 0 aliphatic carbocycles. The van der Waals surface area contributed by atoms with Crippen LogP contribution in [0.1, 0.15) is 16.7 Å². The fraction of sp³-hybridized carbons (Fsp3) is 0.200. The second kappa shape index (κ2) is 2.55. The van der Waals surface area contributed by atoms with Crippen LogP contribution in [0.15, 0.2) is 24.4 Å². The fourth-order valence-electron chi connectivity index (χ4n) is 1.42. The Kier molecular flexibility index (Phi) is 1.54. The molecular weight excluding hydrogens is 150 g/mol. The highest BCUT2D eigenvalue weighted by Crippen LogP contribution is 2.17. The van der Waals surface area contributed by atoms with Crippen molar-refractivity contribution in [2.45, 2.75) is 13.5 Å². The molecule has 1 aromatic rings. The van der Waals surface area contributed by atoms with Gasteiger partial charge in [0.2, 0.25) is 12.7 Å². The minimum atomic E-state index is 0.480. The summed E-state index contributed by atoms with van der Waals surface area (Å²) in [5.41, 5.74) is 3.48. The molecule has 1 heterocycles. The van der Waals surface area contributed by atoms with E-state index in [1.807, 2.05) is 19.1 Å². The number of hydrogen-bond acceptors (Lipinski definition) is 1. The third kappa shape index (κ3) is 1.16. The first kappa shape index (κ1) is 7.22. The van der Waals surface area contributed by atoms with Crippen LogP contribution in [0, 0.1) is 11.8 Å². The van der Waals surface area contributed by atoms with E-state index in [1.165, 1.54) is 5.56 Å². The van der Waals surface area contributed by atoms with Crippen LogP contribution in [0.4, 0.5) is 0 Å². The molecule has 0 fully saturated rings. The smallest absolute Gasteiger partial charge is 0.0587 e. The molecule has 0 atom stereocenters. The Labute approximate surface area is 71.1 Å². The van der Waals surface area contributed by atoms with E-state index in [9.17, 15) is 4.91 Å². The molecule has 0 saturated heterocycles. The molecule has 0 amide bonds. The predicted molar refractivity (Wildman–Crippen MR) is 47.5 cm³/mol. The Hall–Kier alpha value is -1.44. The van der Waals surface area contributed by atoms with Crippen molar-refractivity contribution in [3.8, 4) is 0 Å². The average Bonchev–Trinajstić information content (AvgIpc) is 2.03. The highest BCUT2D eigenvalue weighted by Gasteiger charge is 2.14. The first-order valence-electron chi connectivity index (χ1n) is 3.97. The number of rotatable bonds is 0. The molecule has 0 unspecified atom stereocenters. The lowest BCUT2D eigenvalue weighted by molar-refractivity contribution is -0.496. The van der Waals surface area contributed by atoms with Crippen LogP contribution in [0.25, 0.3) is 6.08 Å². The second-order valence-corrected chi connectivity index (χ2v) is 3.09. The maximum absolute atomic E-state index is 11.0. The van der Waals surface area contributed by atoms with Crippen LogP contribution >= 0.6 is 0 Å². The van der Waals surface area contributed by atoms with Crippen LogP contribution < -0.4 is 0 Å². The summed E-state index contributed by atoms with van der Waals surface area (Å²) in [5, 5.41) is 0. The van der Waals surface area contributed by atoms with Gasteiger partial charge in [0.1, 0.15) is 0 Å². The molecule has 0 N–H and O–H groups in total. The molecule has 1 aromatic carbocycles. The summed E-state index contributed by atoms with van der Waals surface area (Å²) in [6.07, 6.45) is 3.42. The van der Waals surface area contributed by atoms with Crippen LogP contribution in [0.2, 0.25) is 0 Å². The molecule has 0 spiro atoms. The van der Waals surface area contributed by atoms with E-state index in [4.69, 9.17) is 0 Å². The molecule has 0 radical (unpaired) electrons. The lowest BCUT2D eigenvalue weighted by Gasteiger charge is -2.04. The first-order valence-corrected chi connectivity index (χ1v) is 3.97. The third-order valence-corrected chi connectivity index (χ3v) is 2.05. The maximum Gasteiger partial charge on any atom is 0.223 e. The van der Waals surface area contributed by atoms with Gasteiger partial charge in [-0.2, -0.15) is 0 Å². The van der Waals surface area contributed by atoms with Gasteiger partial charge in [0, 0.05) is 21.3 Å². The number of nitroso groups, excluding NO2 is 1. The number of hydrogen-bond donors (Lipinski definition) is 0. The molecule has 12 heavy (non-hydrogen) atoms. The lowest BCUT2D eigenvalue weighted by atomic mass is 10.0. The van der Waals surface area contributed by atoms with E-state index in [1.54, 1.807) is 6.20 Å². The van der Waals surface area contributed by atoms with Gasteiger partial charge in [0.15, 0.2) is 0 Å². The Morgan fingerprint density at radius 3 is 3.08 bits per heavy atom. The summed E-state index contributed by atoms with van der Waals surface area (Å²) in [4.78, 5) is 11.0. The number of fused-ring (bicyclic) bond motifs is 1. The van der Waals surface area contributed by atoms with Crippen molar-refractivity contribution in [3.63, 3.8) is 0 Å². The van der Waals surface area contributed by atoms with Crippen molar-refractivity contribution in [1.29, 1.82) is 0 Å². The largest absolute Gasteiger partial charge is 0.223 e. The minimum Gasteiger partial charge on any atom is -0.0587 e. The van der Waals surface area contributed by atoms with Gasteiger partial charge in [-0.3, -0.25) is 0 Å². The summed E-state index contributed by atoms with van der Waals surface area (Å²) < 4.78 is 0.946. The monoisotopic (exact) mass is 160 g/mol. The highest BCUT2D eigenvalue weighted by atomic mass is 16.3. The van der Waals surface area contributed by atoms with Gasteiger partial charge in [-0.1, -0.05) is 17.7 Å². The Bertz CT molecular complexity index is 366. The third-order valence-electron chi connectivity index (χ3n) is 2.05. The van der Waals surface area contributed by atoms with E-state index in [-0.39, 0.29) is 0 Å². The SMILES string of the molecule is Cc1ccc2c(c1)C[N+](=O)C=C2. The van der Waals surface area contributed by atoms with Crippen LogP contribution in [0.3, 0.4) is 0 Å². The van der Waals surface area contributed by atoms with Crippen molar-refractivity contribution in [2.75, 3.05) is 0 Å². The topological polar surface area (TPSA) is 20.1 Å². The molecular formula is C10H10NO+. The van der Waals surface area contributed by atoms with Crippen molar-refractivity contribution in [3.05, 3.63) is 46.0 Å². The first-order chi connectivity index (χ1) is 5.75. The minimum absolute atomic E-state index is 0.480. The molecule has 0 aromatic heterocycles. The van der Waals surface area contributed by atoms with Gasteiger partial charge >= 0.3 is 0 Å². The Balaban J connectivity index is 2.54. The molecule has 60 valence electrons. The van der Waals surface area contributed by atoms with Gasteiger partial charge < -0.3 is 0 Å². The standard InChI is InChI=1S/C10H10NO/c1-8-2-3-9-4-5-11(12)7-10(9)6-8/h2-6H,7H2,1H3/q+1. The van der Waals surface area contributed by atoms with Crippen molar-refractivity contribution >= 4 is 6.08 Å². The summed E-state index contributed by atoms with van der Waals surface area (Å²) in [5.74, 6) is 0. The van der Waals surface area contributed by atoms with Crippen molar-refractivity contribution in [1.82, 2.24) is 0 Å². The molecule has 2 nitrogen and oxygen atoms in total. The second-order valence-electron chi connectivity index (χ2n) is 3.09. The van der Waals surface area contributed by atoms with E-state index in [2.05, 4.69) is 12.1 Å². The number of nitrogens with zero attached hydrogens (tertiary/aromatic N) is 1. The van der Waals surface area contributed by atoms with Gasteiger partial charge in [0.25, 0.3) is 0 Å². The van der Waals surface area contributed by atoms with Gasteiger partial charge in [-0.15, -0.1) is 0 Å². The zero-order chi connectivity index (χ0) is 8.55. The molecule has 2 heteroatoms. The van der Waals surface area contributed by atoms with E-state index < -0.39 is 0 Å². The highest BCUT2D eigenvalue weighted by molar-refractivity contribution is 5.54. The lowest BCUT2D eigenvalue weighted by Crippen LogP contribution is -2.05. The molecule has 0 bridgehead atoms. The summed E-state index contributed by atoms with van der Waals surface area (Å²) in [6.45, 7) is 2.52. The van der Waals surface area contributed by atoms with Crippen LogP contribution in [0.5, 0.6) is 0 Å². The quantitative estimate of drug-likeness (QED) is 0.533. The summed E-state index contributed by atoms with van der Waals surface area (Å²) in [7, 11) is 0. The molecule has 1 aliphatic rings. The fourth-order valence-corrected chi connectivity index (χ4v) is 1.42. The van der Waals surface area contributed by atoms with E-state index >= 15 is 0 Å². The van der Waals surface area contributed by atoms with Gasteiger partial charge in [0.05, 0.1) is 0 Å². The van der Waals surface area contributed by atoms with Crippen molar-refractivity contribution < 1.29 is 4.76 Å². The van der Waals surface area contributed by atoms with Gasteiger partial charge in [-0.25, -0.2) is 0 Å². The van der Waals surface area contributed by atoms with Gasteiger partial charge in [-0.05, 0) is 18.6 Å². The molecule has 1 aliphatic heterocycles. The average molecular weight is 160 g/mol. The van der Waals surface area contributed by atoms with Crippen LogP contribution in [-0.4, -0.2) is 4.76 Å². The molecule has 2 rings (SSSR count). The summed E-state index contributed by atoms with van der Waals surface area (Å²) in [6, 6.07) is 6.17. The Morgan fingerprint density at radius 2 is 2.25 bits per heavy atom. The van der Waals surface area contributed by atoms with E-state index in [0.717, 1.165) is 15.9 Å². The zero-order valence-corrected chi connectivity index (χ0v) is 6.95. The molecule has 0 saturated carbocycles. The number of aryl methyl sites for hydroxylation is 1. The number of benzene rings is 1. The zero-order valence-electron chi connectivity index (χ0n) is 6.95. The summed E-state index contributed by atoms with van der Waals surface area (Å²) >= 11 is 0. The van der Waals surface area contributed by atoms with E-state index in [0.29, 0.717) is 6.54 Å². The Morgan fingerprint density at radius 1 is 1.42 bits per heavy atom. The van der Waals surface area contributed by atoms with Crippen LogP contribution in [-0.2, 0) is 6.54 Å². The van der Waals surface area contributed by atoms with Crippen molar-refractivity contribution in [2.24, 2.45) is 0 Å². The maximum atomic E-state index is 11.0.